The van der Waals surface area contributed by atoms with Gasteiger partial charge in [0.15, 0.2) is 23.6 Å². The number of imidazole rings is 2. The highest BCUT2D eigenvalue weighted by molar-refractivity contribution is 8.44. The van der Waals surface area contributed by atoms with Gasteiger partial charge < -0.3 is 38.7 Å². The number of aromatic nitrogens is 6. The van der Waals surface area contributed by atoms with Crippen molar-refractivity contribution in [1.29, 1.82) is 0 Å². The van der Waals surface area contributed by atoms with Crippen molar-refractivity contribution in [2.75, 3.05) is 13.2 Å². The van der Waals surface area contributed by atoms with E-state index in [2.05, 4.69) is 32.2 Å². The summed E-state index contributed by atoms with van der Waals surface area (Å²) < 4.78 is 50.8. The van der Waals surface area contributed by atoms with Gasteiger partial charge in [0.1, 0.15) is 36.6 Å². The number of rotatable bonds is 2. The van der Waals surface area contributed by atoms with Gasteiger partial charge in [-0.3, -0.25) is 22.9 Å². The average molecular weight is 743 g/mol. The van der Waals surface area contributed by atoms with Crippen molar-refractivity contribution in [2.24, 2.45) is 0 Å². The number of nitrogens with zero attached hydrogens (tertiary/aromatic N) is 5. The number of fused-ring (bicyclic) bond motifs is 5. The second-order valence-corrected chi connectivity index (χ2v) is 16.7. The van der Waals surface area contributed by atoms with Crippen molar-refractivity contribution >= 4 is 83.0 Å². The maximum Gasteiger partial charge on any atom is 0.386 e. The fourth-order valence-electron chi connectivity index (χ4n) is 5.39. The summed E-state index contributed by atoms with van der Waals surface area (Å²) in [4.78, 5) is 38.1. The summed E-state index contributed by atoms with van der Waals surface area (Å²) in [6, 6.07) is 3.08. The molecular formula is C22H22Cl2N6O11P2S2. The highest BCUT2D eigenvalue weighted by Crippen LogP contribution is 2.58. The number of hydrogen-bond donors (Lipinski definition) is 5. The summed E-state index contributed by atoms with van der Waals surface area (Å²) >= 11 is 21.6. The lowest BCUT2D eigenvalue weighted by molar-refractivity contribution is -0.0587. The van der Waals surface area contributed by atoms with Gasteiger partial charge in [0, 0.05) is 0 Å². The van der Waals surface area contributed by atoms with Crippen LogP contribution in [0, 0.1) is 0 Å². The Balaban J connectivity index is 1.20. The molecule has 242 valence electrons. The van der Waals surface area contributed by atoms with E-state index in [1.54, 1.807) is 6.07 Å². The third kappa shape index (κ3) is 5.92. The van der Waals surface area contributed by atoms with Crippen molar-refractivity contribution in [1.82, 2.24) is 29.1 Å². The van der Waals surface area contributed by atoms with Crippen molar-refractivity contribution in [3.05, 3.63) is 51.5 Å². The zero-order valence-electron chi connectivity index (χ0n) is 22.3. The molecule has 3 aliphatic heterocycles. The predicted octanol–water partition coefficient (Wildman–Crippen LogP) is 2.06. The van der Waals surface area contributed by atoms with Crippen molar-refractivity contribution in [3.8, 4) is 0 Å². The second kappa shape index (κ2) is 11.9. The van der Waals surface area contributed by atoms with Crippen LogP contribution in [0.2, 0.25) is 10.0 Å². The van der Waals surface area contributed by atoms with E-state index in [0.717, 1.165) is 6.33 Å². The molecule has 4 N–H and O–H groups in total. The molecule has 17 nitrogen and oxygen atoms in total. The van der Waals surface area contributed by atoms with E-state index in [1.807, 2.05) is 0 Å². The first-order valence-corrected chi connectivity index (χ1v) is 19.1. The molecule has 2 bridgehead atoms. The molecule has 3 aliphatic rings. The van der Waals surface area contributed by atoms with Crippen molar-refractivity contribution in [2.45, 2.75) is 49.1 Å². The highest BCUT2D eigenvalue weighted by atomic mass is 35.5. The van der Waals surface area contributed by atoms with E-state index in [0.29, 0.717) is 11.0 Å². The number of ether oxygens (including phenoxy) is 2. The third-order valence-corrected chi connectivity index (χ3v) is 11.4. The molecule has 4 aromatic rings. The monoisotopic (exact) mass is 742 g/mol. The standard InChI is InChI=1S/C22H22Cl2N6O11P2S2/c23-8-1-10-11(2-9(8)24)29(6-27-10)21-16(32)17-13(39-21)4-37-43(35,45)41-18-15(31)12(3-36-42(34,44)40-17)38-22(18)30-7-28-14-19(30)25-5-26-20(14)33/h1-2,5-7,12-13,15-18,21-22,31-32H,3-4H2,(H,34,44)(H,35,45)(H,25,26,33)/t12-,13-,15?,16?,17+,18+,21-,22-,42?,43?/m1/s1. The minimum absolute atomic E-state index is 0.0263. The summed E-state index contributed by atoms with van der Waals surface area (Å²) in [7, 11) is 0. The molecule has 0 spiro atoms. The molecule has 0 aliphatic carbocycles. The minimum atomic E-state index is -4.33. The van der Waals surface area contributed by atoms with E-state index in [1.165, 1.54) is 27.9 Å². The van der Waals surface area contributed by atoms with Gasteiger partial charge >= 0.3 is 13.5 Å². The van der Waals surface area contributed by atoms with E-state index < -0.39 is 81.4 Å². The average Bonchev–Trinajstić information content (AvgIpc) is 3.73. The van der Waals surface area contributed by atoms with E-state index in [-0.39, 0.29) is 21.2 Å². The summed E-state index contributed by atoms with van der Waals surface area (Å²) in [5, 5.41) is 23.0. The normalized spacial score (nSPS) is 37.7. The van der Waals surface area contributed by atoms with Crippen LogP contribution in [0.3, 0.4) is 0 Å². The number of aromatic amines is 1. The summed E-state index contributed by atoms with van der Waals surface area (Å²) in [5.74, 6) is 0. The maximum absolute atomic E-state index is 13.5. The van der Waals surface area contributed by atoms with Gasteiger partial charge in [-0.15, -0.1) is 0 Å². The molecule has 6 heterocycles. The van der Waals surface area contributed by atoms with E-state index in [9.17, 15) is 24.5 Å². The molecule has 3 fully saturated rings. The number of hydrogen-bond acceptors (Lipinski definition) is 14. The van der Waals surface area contributed by atoms with Gasteiger partial charge in [-0.25, -0.2) is 19.5 Å². The van der Waals surface area contributed by atoms with Crippen LogP contribution in [0.25, 0.3) is 22.2 Å². The van der Waals surface area contributed by atoms with Crippen LogP contribution < -0.4 is 5.56 Å². The summed E-state index contributed by atoms with van der Waals surface area (Å²) in [6.07, 6.45) is -6.88. The Hall–Kier alpha value is -1.51. The molecule has 0 radical (unpaired) electrons. The van der Waals surface area contributed by atoms with Gasteiger partial charge in [0.05, 0.1) is 53.3 Å². The number of thiol groups is 1. The van der Waals surface area contributed by atoms with Crippen LogP contribution in [0.1, 0.15) is 12.5 Å². The fourth-order valence-corrected chi connectivity index (χ4v) is 8.61. The van der Waals surface area contributed by atoms with Gasteiger partial charge in [-0.1, -0.05) is 35.5 Å². The molecule has 4 unspecified atom stereocenters. The van der Waals surface area contributed by atoms with Crippen LogP contribution >= 0.6 is 49.0 Å². The molecule has 3 saturated heterocycles. The van der Waals surface area contributed by atoms with Crippen molar-refractivity contribution in [3.63, 3.8) is 0 Å². The van der Waals surface area contributed by atoms with Gasteiger partial charge in [0.25, 0.3) is 5.56 Å². The Bertz CT molecular complexity index is 1950. The maximum atomic E-state index is 13.5. The molecule has 3 aromatic heterocycles. The molecule has 45 heavy (non-hydrogen) atoms. The zero-order valence-corrected chi connectivity index (χ0v) is 27.3. The molecule has 0 saturated carbocycles. The molecule has 23 heteroatoms. The Morgan fingerprint density at radius 1 is 0.956 bits per heavy atom. The number of benzene rings is 1. The minimum Gasteiger partial charge on any atom is -0.387 e. The highest BCUT2D eigenvalue weighted by Gasteiger charge is 2.52. The Kier molecular flexibility index (Phi) is 8.46. The van der Waals surface area contributed by atoms with Crippen LogP contribution in [0.5, 0.6) is 0 Å². The lowest BCUT2D eigenvalue weighted by Crippen LogP contribution is -2.36. The molecule has 10 atom stereocenters. The topological polar surface area (TPSA) is 215 Å². The first-order valence-electron chi connectivity index (χ1n) is 13.0. The number of aliphatic hydroxyl groups is 2. The SMILES string of the molecule is O=c1[nH]cnc2c1ncn2[C@@H]1O[C@@H]2COP(O)(=S)O[C@@H]3C(O)[C@H](n4cnc5cc(Cl)c(Cl)cc54)O[C@@H]3COP(=O)(S)O[C@H]1C2O. The second-order valence-electron chi connectivity index (χ2n) is 10.2. The van der Waals surface area contributed by atoms with Gasteiger partial charge in [-0.2, -0.15) is 0 Å². The third-order valence-electron chi connectivity index (χ3n) is 7.47. The molecule has 1 aromatic carbocycles. The predicted molar refractivity (Wildman–Crippen MR) is 162 cm³/mol. The lowest BCUT2D eigenvalue weighted by atomic mass is 10.1. The smallest absolute Gasteiger partial charge is 0.386 e. The number of H-pyrrole nitrogens is 1. The first kappa shape index (κ1) is 32.1. The summed E-state index contributed by atoms with van der Waals surface area (Å²) in [5.41, 5.74) is 0.443. The summed E-state index contributed by atoms with van der Waals surface area (Å²) in [6.45, 7) is -9.56. The van der Waals surface area contributed by atoms with E-state index in [4.69, 9.17) is 62.6 Å². The van der Waals surface area contributed by atoms with Crippen LogP contribution in [-0.4, -0.2) is 94.0 Å². The fraction of sp³-hybridized carbons (Fsp3) is 0.455. The largest absolute Gasteiger partial charge is 0.387 e. The van der Waals surface area contributed by atoms with Crippen LogP contribution in [0.4, 0.5) is 0 Å². The van der Waals surface area contributed by atoms with Gasteiger partial charge in [-0.05, 0) is 23.9 Å². The number of halogens is 2. The number of aliphatic hydroxyl groups excluding tert-OH is 2. The molecular weight excluding hydrogens is 721 g/mol. The number of nitrogens with one attached hydrogen (secondary N) is 1. The zero-order chi connectivity index (χ0) is 31.8. The first-order chi connectivity index (χ1) is 21.3. The Morgan fingerprint density at radius 3 is 2.47 bits per heavy atom. The van der Waals surface area contributed by atoms with Crippen molar-refractivity contribution < 1.29 is 47.2 Å². The molecule has 0 amide bonds. The Labute approximate surface area is 272 Å². The van der Waals surface area contributed by atoms with E-state index >= 15 is 0 Å². The van der Waals surface area contributed by atoms with Crippen LogP contribution in [-0.2, 0) is 43.9 Å². The quantitative estimate of drug-likeness (QED) is 0.147. The molecule has 7 rings (SSSR count). The van der Waals surface area contributed by atoms with Gasteiger partial charge in [0.2, 0.25) is 0 Å². The lowest BCUT2D eigenvalue weighted by Gasteiger charge is -2.27. The van der Waals surface area contributed by atoms with Crippen LogP contribution in [0.15, 0.2) is 35.9 Å². The Morgan fingerprint density at radius 2 is 1.67 bits per heavy atom.